The zero-order valence-corrected chi connectivity index (χ0v) is 19.1. The summed E-state index contributed by atoms with van der Waals surface area (Å²) < 4.78 is 0.928. The van der Waals surface area contributed by atoms with Crippen LogP contribution in [0, 0.1) is 17.8 Å². The molecule has 2 saturated carbocycles. The first-order chi connectivity index (χ1) is 13.1. The standard InChI is InChI=1S/C24H37NS2/c1-4-5-18-6-8-19(9-7-18)20-10-12-21(13-11-20)22-14-16-23(17-15-22)25(2)24(26)27-3/h14-21H,4-13H2,1-3H3. The van der Waals surface area contributed by atoms with Gasteiger partial charge in [-0.2, -0.15) is 0 Å². The zero-order valence-electron chi connectivity index (χ0n) is 17.5. The fraction of sp³-hybridized carbons (Fsp3) is 0.708. The molecule has 1 aromatic rings. The maximum atomic E-state index is 5.40. The topological polar surface area (TPSA) is 3.24 Å². The molecule has 0 radical (unpaired) electrons. The van der Waals surface area contributed by atoms with Crippen LogP contribution >= 0.6 is 24.0 Å². The highest BCUT2D eigenvalue weighted by Gasteiger charge is 2.31. The van der Waals surface area contributed by atoms with E-state index >= 15 is 0 Å². The number of anilines is 1. The van der Waals surface area contributed by atoms with Gasteiger partial charge in [-0.25, -0.2) is 0 Å². The van der Waals surface area contributed by atoms with Crippen molar-refractivity contribution in [2.24, 2.45) is 17.8 Å². The van der Waals surface area contributed by atoms with Crippen molar-refractivity contribution < 1.29 is 0 Å². The van der Waals surface area contributed by atoms with E-state index < -0.39 is 0 Å². The lowest BCUT2D eigenvalue weighted by Gasteiger charge is -2.38. The fourth-order valence-electron chi connectivity index (χ4n) is 5.49. The largest absolute Gasteiger partial charge is 0.330 e. The first-order valence-corrected chi connectivity index (χ1v) is 12.7. The summed E-state index contributed by atoms with van der Waals surface area (Å²) in [6.07, 6.45) is 16.6. The van der Waals surface area contributed by atoms with Gasteiger partial charge in [0.1, 0.15) is 4.32 Å². The van der Waals surface area contributed by atoms with E-state index in [0.29, 0.717) is 0 Å². The average Bonchev–Trinajstić information content (AvgIpc) is 2.74. The molecule has 0 N–H and O–H groups in total. The average molecular weight is 404 g/mol. The first-order valence-electron chi connectivity index (χ1n) is 11.0. The molecule has 3 rings (SSSR count). The summed E-state index contributed by atoms with van der Waals surface area (Å²) in [4.78, 5) is 2.11. The quantitative estimate of drug-likeness (QED) is 0.465. The Morgan fingerprint density at radius 3 is 2.04 bits per heavy atom. The van der Waals surface area contributed by atoms with Crippen molar-refractivity contribution in [2.75, 3.05) is 18.2 Å². The van der Waals surface area contributed by atoms with Crippen LogP contribution in [0.3, 0.4) is 0 Å². The fourth-order valence-corrected chi connectivity index (χ4v) is 5.98. The second-order valence-electron chi connectivity index (χ2n) is 8.80. The molecule has 0 heterocycles. The van der Waals surface area contributed by atoms with Crippen molar-refractivity contribution in [1.29, 1.82) is 0 Å². The van der Waals surface area contributed by atoms with E-state index in [4.69, 9.17) is 12.2 Å². The Morgan fingerprint density at radius 1 is 0.963 bits per heavy atom. The van der Waals surface area contributed by atoms with Gasteiger partial charge in [0.15, 0.2) is 0 Å². The van der Waals surface area contributed by atoms with Gasteiger partial charge < -0.3 is 4.90 Å². The van der Waals surface area contributed by atoms with Crippen LogP contribution in [0.15, 0.2) is 24.3 Å². The van der Waals surface area contributed by atoms with E-state index in [1.54, 1.807) is 11.8 Å². The van der Waals surface area contributed by atoms with Gasteiger partial charge in [-0.3, -0.25) is 0 Å². The van der Waals surface area contributed by atoms with E-state index in [0.717, 1.165) is 28.0 Å². The van der Waals surface area contributed by atoms with E-state index in [9.17, 15) is 0 Å². The van der Waals surface area contributed by atoms with E-state index in [1.165, 1.54) is 75.5 Å². The molecule has 1 nitrogen and oxygen atoms in total. The SMILES string of the molecule is CCCC1CCC(C2CCC(c3ccc(N(C)C(=S)SC)cc3)CC2)CC1. The van der Waals surface area contributed by atoms with Gasteiger partial charge in [0, 0.05) is 12.7 Å². The minimum atomic E-state index is 0.768. The molecule has 0 saturated heterocycles. The van der Waals surface area contributed by atoms with Crippen LogP contribution < -0.4 is 4.90 Å². The molecule has 0 spiro atoms. The van der Waals surface area contributed by atoms with E-state index in [-0.39, 0.29) is 0 Å². The molecule has 0 aliphatic heterocycles. The molecule has 2 fully saturated rings. The van der Waals surface area contributed by atoms with Crippen molar-refractivity contribution in [1.82, 2.24) is 0 Å². The monoisotopic (exact) mass is 403 g/mol. The molecule has 0 atom stereocenters. The van der Waals surface area contributed by atoms with Crippen molar-refractivity contribution >= 4 is 34.0 Å². The van der Waals surface area contributed by atoms with Crippen molar-refractivity contribution in [3.8, 4) is 0 Å². The van der Waals surface area contributed by atoms with Gasteiger partial charge in [-0.05, 0) is 86.1 Å². The van der Waals surface area contributed by atoms with Gasteiger partial charge in [0.2, 0.25) is 0 Å². The normalized spacial score (nSPS) is 28.7. The maximum absolute atomic E-state index is 5.40. The van der Waals surface area contributed by atoms with Crippen LogP contribution in [0.4, 0.5) is 5.69 Å². The molecule has 0 unspecified atom stereocenters. The highest BCUT2D eigenvalue weighted by molar-refractivity contribution is 8.22. The summed E-state index contributed by atoms with van der Waals surface area (Å²) in [6, 6.07) is 9.18. The number of thioether (sulfide) groups is 1. The zero-order chi connectivity index (χ0) is 19.2. The molecule has 0 amide bonds. The number of rotatable bonds is 5. The third-order valence-corrected chi connectivity index (χ3v) is 8.62. The van der Waals surface area contributed by atoms with Gasteiger partial charge >= 0.3 is 0 Å². The molecular weight excluding hydrogens is 366 g/mol. The summed E-state index contributed by atoms with van der Waals surface area (Å²) in [7, 11) is 2.06. The predicted octanol–water partition coefficient (Wildman–Crippen LogP) is 7.65. The molecule has 0 aromatic heterocycles. The summed E-state index contributed by atoms with van der Waals surface area (Å²) in [5.74, 6) is 3.85. The maximum Gasteiger partial charge on any atom is 0.140 e. The minimum absolute atomic E-state index is 0.768. The Bertz CT molecular complexity index is 581. The molecule has 3 heteroatoms. The summed E-state index contributed by atoms with van der Waals surface area (Å²) in [5.41, 5.74) is 2.74. The van der Waals surface area contributed by atoms with Gasteiger partial charge in [0.05, 0.1) is 0 Å². The van der Waals surface area contributed by atoms with Gasteiger partial charge in [0.25, 0.3) is 0 Å². The molecule has 1 aromatic carbocycles. The summed E-state index contributed by atoms with van der Waals surface area (Å²) in [5, 5.41) is 0. The second kappa shape index (κ2) is 10.3. The summed E-state index contributed by atoms with van der Waals surface area (Å²) in [6.45, 7) is 2.34. The second-order valence-corrected chi connectivity index (χ2v) is 10.2. The third kappa shape index (κ3) is 5.50. The lowest BCUT2D eigenvalue weighted by Crippen LogP contribution is -2.25. The minimum Gasteiger partial charge on any atom is -0.330 e. The van der Waals surface area contributed by atoms with Crippen LogP contribution in [0.25, 0.3) is 0 Å². The molecule has 27 heavy (non-hydrogen) atoms. The Kier molecular flexibility index (Phi) is 8.08. The van der Waals surface area contributed by atoms with Crippen LogP contribution in [0.2, 0.25) is 0 Å². The molecular formula is C24H37NS2. The first kappa shape index (κ1) is 21.2. The predicted molar refractivity (Wildman–Crippen MR) is 126 cm³/mol. The van der Waals surface area contributed by atoms with Crippen molar-refractivity contribution in [3.63, 3.8) is 0 Å². The molecule has 0 bridgehead atoms. The molecule has 2 aliphatic carbocycles. The molecule has 150 valence electrons. The Balaban J connectivity index is 1.48. The highest BCUT2D eigenvalue weighted by atomic mass is 32.2. The number of nitrogens with zero attached hydrogens (tertiary/aromatic N) is 1. The number of hydrogen-bond donors (Lipinski definition) is 0. The number of benzene rings is 1. The highest BCUT2D eigenvalue weighted by Crippen LogP contribution is 2.44. The van der Waals surface area contributed by atoms with Crippen LogP contribution in [0.1, 0.15) is 82.6 Å². The van der Waals surface area contributed by atoms with E-state index in [1.807, 2.05) is 6.26 Å². The van der Waals surface area contributed by atoms with Gasteiger partial charge in [-0.15, -0.1) is 11.8 Å². The number of thiocarbonyl (C=S) groups is 1. The lowest BCUT2D eigenvalue weighted by molar-refractivity contribution is 0.156. The Morgan fingerprint density at radius 2 is 1.52 bits per heavy atom. The Hall–Kier alpha value is -0.540. The smallest absolute Gasteiger partial charge is 0.140 e. The van der Waals surface area contributed by atoms with Crippen LogP contribution in [-0.4, -0.2) is 17.6 Å². The van der Waals surface area contributed by atoms with E-state index in [2.05, 4.69) is 43.1 Å². The van der Waals surface area contributed by atoms with Gasteiger partial charge in [-0.1, -0.05) is 57.0 Å². The van der Waals surface area contributed by atoms with Crippen molar-refractivity contribution in [2.45, 2.75) is 77.0 Å². The third-order valence-electron chi connectivity index (χ3n) is 7.23. The van der Waals surface area contributed by atoms with Crippen molar-refractivity contribution in [3.05, 3.63) is 29.8 Å². The van der Waals surface area contributed by atoms with Crippen LogP contribution in [-0.2, 0) is 0 Å². The lowest BCUT2D eigenvalue weighted by atomic mass is 9.68. The molecule has 2 aliphatic rings. The number of hydrogen-bond acceptors (Lipinski definition) is 2. The Labute approximate surface area is 176 Å². The van der Waals surface area contributed by atoms with Crippen LogP contribution in [0.5, 0.6) is 0 Å². The summed E-state index contributed by atoms with van der Waals surface area (Å²) >= 11 is 7.04.